The average Bonchev–Trinajstić information content (AvgIpc) is 2.68. The normalized spacial score (nSPS) is 11.7. The fraction of sp³-hybridized carbons (Fsp3) is 0.368. The van der Waals surface area contributed by atoms with Gasteiger partial charge in [-0.15, -0.1) is 0 Å². The second-order valence-corrected chi connectivity index (χ2v) is 9.41. The monoisotopic (exact) mass is 556 g/mol. The van der Waals surface area contributed by atoms with E-state index in [1.54, 1.807) is 13.1 Å². The van der Waals surface area contributed by atoms with Crippen molar-refractivity contribution in [1.29, 1.82) is 0 Å². The van der Waals surface area contributed by atoms with Crippen molar-refractivity contribution >= 4 is 49.9 Å². The maximum Gasteiger partial charge on any atom is 0.301 e. The summed E-state index contributed by atoms with van der Waals surface area (Å²) in [6, 6.07) is 6.07. The van der Waals surface area contributed by atoms with Crippen molar-refractivity contribution in [3.63, 3.8) is 0 Å². The van der Waals surface area contributed by atoms with Gasteiger partial charge in [0.05, 0.1) is 11.4 Å². The van der Waals surface area contributed by atoms with Crippen LogP contribution in [-0.2, 0) is 10.2 Å². The Morgan fingerprint density at radius 2 is 1.73 bits per heavy atom. The van der Waals surface area contributed by atoms with Crippen LogP contribution in [0.15, 0.2) is 30.3 Å². The predicted octanol–water partition coefficient (Wildman–Crippen LogP) is 4.43. The molecular weight excluding hydrogens is 532 g/mol. The van der Waals surface area contributed by atoms with Crippen LogP contribution in [0.4, 0.5) is 30.2 Å². The van der Waals surface area contributed by atoms with Crippen LogP contribution in [0.1, 0.15) is 19.8 Å². The van der Waals surface area contributed by atoms with Gasteiger partial charge in [-0.05, 0) is 79.4 Å². The Bertz CT molecular complexity index is 976. The van der Waals surface area contributed by atoms with E-state index in [0.717, 1.165) is 12.1 Å². The first kappa shape index (κ1) is 24.7. The van der Waals surface area contributed by atoms with Crippen LogP contribution in [0.3, 0.4) is 0 Å². The molecule has 166 valence electrons. The van der Waals surface area contributed by atoms with Crippen LogP contribution in [0.25, 0.3) is 0 Å². The van der Waals surface area contributed by atoms with E-state index in [1.165, 1.54) is 16.4 Å². The third kappa shape index (κ3) is 6.46. The molecule has 0 unspecified atom stereocenters. The number of hydrogen-bond donors (Lipinski definition) is 3. The average molecular weight is 556 g/mol. The first-order chi connectivity index (χ1) is 14.2. The van der Waals surface area contributed by atoms with Gasteiger partial charge in [-0.25, -0.2) is 13.2 Å². The van der Waals surface area contributed by atoms with Gasteiger partial charge in [0.15, 0.2) is 11.6 Å². The van der Waals surface area contributed by atoms with Crippen LogP contribution in [0, 0.1) is 21.0 Å². The first-order valence-corrected chi connectivity index (χ1v) is 11.8. The number of anilines is 3. The highest BCUT2D eigenvalue weighted by Crippen LogP contribution is 2.32. The van der Waals surface area contributed by atoms with E-state index in [0.29, 0.717) is 23.0 Å². The molecule has 0 aliphatic rings. The third-order valence-corrected chi connectivity index (χ3v) is 6.37. The molecule has 0 saturated heterocycles. The van der Waals surface area contributed by atoms with Crippen molar-refractivity contribution < 1.29 is 21.6 Å². The van der Waals surface area contributed by atoms with Crippen molar-refractivity contribution in [2.75, 3.05) is 36.7 Å². The molecule has 0 aromatic heterocycles. The molecule has 30 heavy (non-hydrogen) atoms. The standard InChI is InChI=1S/C19H24F3IN4O2S/c1-3-10-27(11-4-9-24-2)30(28,29)26-17-8-6-14(20)18(22)19(17)25-16-7-5-13(23)12-15(16)21/h5-8,12,24-26H,3-4,9-11H2,1-2H3. The molecule has 0 aliphatic heterocycles. The van der Waals surface area contributed by atoms with E-state index in [9.17, 15) is 21.6 Å². The highest BCUT2D eigenvalue weighted by molar-refractivity contribution is 14.1. The SMILES string of the molecule is CCCN(CCCNC)S(=O)(=O)Nc1ccc(F)c(F)c1Nc1ccc(I)cc1F. The number of rotatable bonds is 11. The van der Waals surface area contributed by atoms with Gasteiger partial charge in [0.2, 0.25) is 0 Å². The van der Waals surface area contributed by atoms with Gasteiger partial charge < -0.3 is 10.6 Å². The van der Waals surface area contributed by atoms with Crippen LogP contribution in [0.2, 0.25) is 0 Å². The molecule has 0 saturated carbocycles. The van der Waals surface area contributed by atoms with Gasteiger partial charge in [-0.3, -0.25) is 4.72 Å². The summed E-state index contributed by atoms with van der Waals surface area (Å²) in [6.45, 7) is 2.98. The van der Waals surface area contributed by atoms with Crippen molar-refractivity contribution in [1.82, 2.24) is 9.62 Å². The molecule has 0 amide bonds. The van der Waals surface area contributed by atoms with Crippen LogP contribution in [0.5, 0.6) is 0 Å². The number of nitrogens with zero attached hydrogens (tertiary/aromatic N) is 1. The highest BCUT2D eigenvalue weighted by atomic mass is 127. The maximum atomic E-state index is 14.5. The molecule has 0 fully saturated rings. The summed E-state index contributed by atoms with van der Waals surface area (Å²) < 4.78 is 72.5. The molecule has 2 aromatic rings. The van der Waals surface area contributed by atoms with Gasteiger partial charge in [-0.2, -0.15) is 12.7 Å². The van der Waals surface area contributed by atoms with Crippen molar-refractivity contribution in [3.05, 3.63) is 51.4 Å². The van der Waals surface area contributed by atoms with E-state index < -0.39 is 33.3 Å². The molecule has 0 aliphatic carbocycles. The van der Waals surface area contributed by atoms with E-state index in [4.69, 9.17) is 0 Å². The molecule has 2 rings (SSSR count). The van der Waals surface area contributed by atoms with Crippen LogP contribution >= 0.6 is 22.6 Å². The van der Waals surface area contributed by atoms with Crippen molar-refractivity contribution in [2.24, 2.45) is 0 Å². The maximum absolute atomic E-state index is 14.5. The lowest BCUT2D eigenvalue weighted by Gasteiger charge is -2.23. The largest absolute Gasteiger partial charge is 0.349 e. The third-order valence-electron chi connectivity index (χ3n) is 4.17. The molecule has 0 radical (unpaired) electrons. The Hall–Kier alpha value is -1.57. The number of halogens is 4. The fourth-order valence-corrected chi connectivity index (χ4v) is 4.54. The zero-order valence-corrected chi connectivity index (χ0v) is 19.6. The molecule has 0 heterocycles. The Morgan fingerprint density at radius 1 is 1.03 bits per heavy atom. The zero-order valence-electron chi connectivity index (χ0n) is 16.6. The minimum atomic E-state index is -4.05. The van der Waals surface area contributed by atoms with Gasteiger partial charge in [0, 0.05) is 16.7 Å². The summed E-state index contributed by atoms with van der Waals surface area (Å²) in [5.41, 5.74) is -0.827. The minimum Gasteiger partial charge on any atom is -0.349 e. The quantitative estimate of drug-likeness (QED) is 0.283. The number of hydrogen-bond acceptors (Lipinski definition) is 4. The first-order valence-electron chi connectivity index (χ1n) is 9.32. The molecule has 0 bridgehead atoms. The van der Waals surface area contributed by atoms with Crippen molar-refractivity contribution in [2.45, 2.75) is 19.8 Å². The fourth-order valence-electron chi connectivity index (χ4n) is 2.72. The lowest BCUT2D eigenvalue weighted by molar-refractivity contribution is 0.405. The van der Waals surface area contributed by atoms with Gasteiger partial charge >= 0.3 is 10.2 Å². The summed E-state index contributed by atoms with van der Waals surface area (Å²) in [4.78, 5) is 0. The number of benzene rings is 2. The summed E-state index contributed by atoms with van der Waals surface area (Å²) in [7, 11) is -2.28. The zero-order chi connectivity index (χ0) is 22.3. The summed E-state index contributed by atoms with van der Waals surface area (Å²) in [5.74, 6) is -3.18. The summed E-state index contributed by atoms with van der Waals surface area (Å²) in [6.07, 6.45) is 1.16. The Morgan fingerprint density at radius 3 is 2.37 bits per heavy atom. The van der Waals surface area contributed by atoms with Gasteiger partial charge in [-0.1, -0.05) is 6.92 Å². The van der Waals surface area contributed by atoms with E-state index in [-0.39, 0.29) is 24.5 Å². The van der Waals surface area contributed by atoms with Crippen molar-refractivity contribution in [3.8, 4) is 0 Å². The lowest BCUT2D eigenvalue weighted by atomic mass is 10.2. The van der Waals surface area contributed by atoms with Gasteiger partial charge in [0.1, 0.15) is 11.5 Å². The molecule has 3 N–H and O–H groups in total. The summed E-state index contributed by atoms with van der Waals surface area (Å²) in [5, 5.41) is 5.42. The van der Waals surface area contributed by atoms with Crippen LogP contribution < -0.4 is 15.4 Å². The molecule has 2 aromatic carbocycles. The highest BCUT2D eigenvalue weighted by Gasteiger charge is 2.24. The Labute approximate surface area is 188 Å². The topological polar surface area (TPSA) is 73.5 Å². The molecule has 0 atom stereocenters. The smallest absolute Gasteiger partial charge is 0.301 e. The molecular formula is C19H24F3IN4O2S. The van der Waals surface area contributed by atoms with Crippen LogP contribution in [-0.4, -0.2) is 39.4 Å². The summed E-state index contributed by atoms with van der Waals surface area (Å²) >= 11 is 1.91. The molecule has 0 spiro atoms. The van der Waals surface area contributed by atoms with E-state index in [1.807, 2.05) is 29.5 Å². The number of nitrogens with one attached hydrogen (secondary N) is 3. The molecule has 6 nitrogen and oxygen atoms in total. The second kappa shape index (κ2) is 11.2. The Balaban J connectivity index is 2.37. The Kier molecular flexibility index (Phi) is 9.19. The minimum absolute atomic E-state index is 0.111. The van der Waals surface area contributed by atoms with E-state index >= 15 is 0 Å². The second-order valence-electron chi connectivity index (χ2n) is 6.50. The lowest BCUT2D eigenvalue weighted by Crippen LogP contribution is -2.38. The van der Waals surface area contributed by atoms with E-state index in [2.05, 4.69) is 15.4 Å². The molecule has 11 heteroatoms. The van der Waals surface area contributed by atoms with Gasteiger partial charge in [0.25, 0.3) is 0 Å². The predicted molar refractivity (Wildman–Crippen MR) is 122 cm³/mol.